The monoisotopic (exact) mass is 395 g/mol. The molecule has 0 radical (unpaired) electrons. The zero-order valence-electron chi connectivity index (χ0n) is 15.5. The van der Waals surface area contributed by atoms with E-state index in [4.69, 9.17) is 0 Å². The van der Waals surface area contributed by atoms with Gasteiger partial charge in [-0.2, -0.15) is 13.2 Å². The van der Waals surface area contributed by atoms with Gasteiger partial charge in [0.2, 0.25) is 11.8 Å². The van der Waals surface area contributed by atoms with Crippen molar-refractivity contribution in [3.63, 3.8) is 0 Å². The van der Waals surface area contributed by atoms with Crippen molar-refractivity contribution >= 4 is 11.8 Å². The summed E-state index contributed by atoms with van der Waals surface area (Å²) in [5, 5.41) is 6.09. The lowest BCUT2D eigenvalue weighted by Crippen LogP contribution is -2.42. The largest absolute Gasteiger partial charge is 0.416 e. The topological polar surface area (TPSA) is 61.4 Å². The number of carbonyl (C=O) groups excluding carboxylic acids is 2. The van der Waals surface area contributed by atoms with Crippen molar-refractivity contribution in [3.8, 4) is 0 Å². The highest BCUT2D eigenvalue weighted by Gasteiger charge is 2.43. The molecule has 4 rings (SSSR count). The van der Waals surface area contributed by atoms with E-state index < -0.39 is 11.7 Å². The molecule has 2 aliphatic heterocycles. The fourth-order valence-electron chi connectivity index (χ4n) is 4.25. The van der Waals surface area contributed by atoms with Crippen molar-refractivity contribution < 1.29 is 22.8 Å². The number of halogens is 3. The first kappa shape index (κ1) is 19.2. The second kappa shape index (κ2) is 7.39. The molecular weight excluding hydrogens is 371 g/mol. The quantitative estimate of drug-likeness (QED) is 0.822. The van der Waals surface area contributed by atoms with Gasteiger partial charge in [-0.25, -0.2) is 0 Å². The van der Waals surface area contributed by atoms with Gasteiger partial charge in [-0.05, 0) is 37.3 Å². The number of amides is 2. The first-order valence-electron chi connectivity index (χ1n) is 9.82. The predicted molar refractivity (Wildman–Crippen MR) is 96.4 cm³/mol. The van der Waals surface area contributed by atoms with E-state index >= 15 is 0 Å². The van der Waals surface area contributed by atoms with Gasteiger partial charge in [0, 0.05) is 31.6 Å². The summed E-state index contributed by atoms with van der Waals surface area (Å²) in [6.45, 7) is 2.03. The molecular formula is C20H24F3N3O2. The van der Waals surface area contributed by atoms with E-state index in [0.29, 0.717) is 24.9 Å². The van der Waals surface area contributed by atoms with Crippen molar-refractivity contribution in [2.45, 2.75) is 49.9 Å². The highest BCUT2D eigenvalue weighted by molar-refractivity contribution is 5.86. The Bertz CT molecular complexity index is 761. The lowest BCUT2D eigenvalue weighted by molar-refractivity contribution is -0.137. The van der Waals surface area contributed by atoms with E-state index in [9.17, 15) is 22.8 Å². The maximum Gasteiger partial charge on any atom is 0.416 e. The number of nitrogens with zero attached hydrogens (tertiary/aromatic N) is 1. The summed E-state index contributed by atoms with van der Waals surface area (Å²) >= 11 is 0. The lowest BCUT2D eigenvalue weighted by Gasteiger charge is -2.19. The van der Waals surface area contributed by atoms with Crippen LogP contribution in [-0.4, -0.2) is 48.4 Å². The SMILES string of the molecule is O=C(N[C@H]1C[C@@H]1c1cccc(C(F)(F)F)c1)[C@@H]1CN[C@H](C(=O)N2CCCC2)C1. The first-order chi connectivity index (χ1) is 13.3. The molecule has 5 nitrogen and oxygen atoms in total. The molecule has 4 atom stereocenters. The standard InChI is InChI=1S/C20H24F3N3O2/c21-20(22,23)14-5-3-4-12(8-14)15-10-16(15)25-18(27)13-9-17(24-11-13)19(28)26-6-1-2-7-26/h3-5,8,13,15-17,24H,1-2,6-7,9-11H2,(H,25,27)/t13-,15+,16-,17-/m0/s1. The number of hydrogen-bond donors (Lipinski definition) is 2. The van der Waals surface area contributed by atoms with Gasteiger partial charge < -0.3 is 15.5 Å². The lowest BCUT2D eigenvalue weighted by atomic mass is 10.0. The molecule has 1 aromatic carbocycles. The molecule has 2 amide bonds. The van der Waals surface area contributed by atoms with Crippen LogP contribution in [0.1, 0.15) is 42.7 Å². The fourth-order valence-corrected chi connectivity index (χ4v) is 4.25. The van der Waals surface area contributed by atoms with E-state index in [1.165, 1.54) is 12.1 Å². The second-order valence-corrected chi connectivity index (χ2v) is 8.01. The molecule has 3 aliphatic rings. The molecule has 0 unspecified atom stereocenters. The number of nitrogens with one attached hydrogen (secondary N) is 2. The van der Waals surface area contributed by atoms with Gasteiger partial charge in [0.25, 0.3) is 0 Å². The van der Waals surface area contributed by atoms with Crippen LogP contribution in [-0.2, 0) is 15.8 Å². The third-order valence-corrected chi connectivity index (χ3v) is 5.98. The van der Waals surface area contributed by atoms with Gasteiger partial charge in [-0.1, -0.05) is 18.2 Å². The van der Waals surface area contributed by atoms with Gasteiger partial charge in [-0.15, -0.1) is 0 Å². The van der Waals surface area contributed by atoms with E-state index in [2.05, 4.69) is 10.6 Å². The number of hydrogen-bond acceptors (Lipinski definition) is 3. The molecule has 8 heteroatoms. The van der Waals surface area contributed by atoms with Crippen LogP contribution in [0.25, 0.3) is 0 Å². The van der Waals surface area contributed by atoms with Gasteiger partial charge in [0.15, 0.2) is 0 Å². The Kier molecular flexibility index (Phi) is 5.07. The summed E-state index contributed by atoms with van der Waals surface area (Å²) in [6.07, 6.45) is -1.19. The fraction of sp³-hybridized carbons (Fsp3) is 0.600. The van der Waals surface area contributed by atoms with Gasteiger partial charge in [0.1, 0.15) is 0 Å². The van der Waals surface area contributed by atoms with E-state index in [1.54, 1.807) is 6.07 Å². The summed E-state index contributed by atoms with van der Waals surface area (Å²) in [5.74, 6) is -0.410. The number of carbonyl (C=O) groups is 2. The van der Waals surface area contributed by atoms with E-state index in [0.717, 1.165) is 32.0 Å². The summed E-state index contributed by atoms with van der Waals surface area (Å²) < 4.78 is 38.6. The van der Waals surface area contributed by atoms with Crippen LogP contribution in [0.15, 0.2) is 24.3 Å². The minimum absolute atomic E-state index is 0.0704. The van der Waals surface area contributed by atoms with Gasteiger partial charge in [0.05, 0.1) is 17.5 Å². The summed E-state index contributed by atoms with van der Waals surface area (Å²) in [7, 11) is 0. The highest BCUT2D eigenvalue weighted by Crippen LogP contribution is 2.42. The van der Waals surface area contributed by atoms with Gasteiger partial charge >= 0.3 is 6.18 Å². The van der Waals surface area contributed by atoms with Gasteiger partial charge in [-0.3, -0.25) is 9.59 Å². The minimum atomic E-state index is -4.37. The van der Waals surface area contributed by atoms with Crippen molar-refractivity contribution in [2.75, 3.05) is 19.6 Å². The zero-order valence-corrected chi connectivity index (χ0v) is 15.5. The number of likely N-dealkylation sites (tertiary alicyclic amines) is 1. The Morgan fingerprint density at radius 1 is 1.14 bits per heavy atom. The number of benzene rings is 1. The summed E-state index contributed by atoms with van der Waals surface area (Å²) in [6, 6.07) is 4.86. The maximum absolute atomic E-state index is 12.9. The van der Waals surface area contributed by atoms with Crippen LogP contribution in [0.3, 0.4) is 0 Å². The Morgan fingerprint density at radius 3 is 2.61 bits per heavy atom. The van der Waals surface area contributed by atoms with Crippen molar-refractivity contribution in [3.05, 3.63) is 35.4 Å². The van der Waals surface area contributed by atoms with Crippen LogP contribution < -0.4 is 10.6 Å². The summed E-state index contributed by atoms with van der Waals surface area (Å²) in [5.41, 5.74) is -0.0583. The van der Waals surface area contributed by atoms with Crippen LogP contribution in [0.5, 0.6) is 0 Å². The average Bonchev–Trinajstić information content (AvgIpc) is 3.07. The molecule has 2 saturated heterocycles. The van der Waals surface area contributed by atoms with E-state index in [1.807, 2.05) is 4.90 Å². The number of rotatable bonds is 4. The smallest absolute Gasteiger partial charge is 0.352 e. The zero-order chi connectivity index (χ0) is 19.9. The second-order valence-electron chi connectivity index (χ2n) is 8.01. The van der Waals surface area contributed by atoms with Crippen molar-refractivity contribution in [1.29, 1.82) is 0 Å². The molecule has 2 heterocycles. The molecule has 3 fully saturated rings. The third-order valence-electron chi connectivity index (χ3n) is 5.98. The molecule has 0 bridgehead atoms. The molecule has 152 valence electrons. The normalized spacial score (nSPS) is 29.8. The van der Waals surface area contributed by atoms with E-state index in [-0.39, 0.29) is 35.7 Å². The number of alkyl halides is 3. The highest BCUT2D eigenvalue weighted by atomic mass is 19.4. The third kappa shape index (κ3) is 4.01. The Balaban J connectivity index is 1.29. The van der Waals surface area contributed by atoms with Crippen LogP contribution in [0.4, 0.5) is 13.2 Å². The molecule has 1 aromatic rings. The van der Waals surface area contributed by atoms with Crippen LogP contribution in [0.2, 0.25) is 0 Å². The molecule has 0 aromatic heterocycles. The molecule has 28 heavy (non-hydrogen) atoms. The minimum Gasteiger partial charge on any atom is -0.352 e. The summed E-state index contributed by atoms with van der Waals surface area (Å²) in [4.78, 5) is 26.8. The molecule has 1 aliphatic carbocycles. The van der Waals surface area contributed by atoms with Crippen molar-refractivity contribution in [1.82, 2.24) is 15.5 Å². The molecule has 0 spiro atoms. The maximum atomic E-state index is 12.9. The Labute approximate surface area is 161 Å². The molecule has 1 saturated carbocycles. The molecule has 2 N–H and O–H groups in total. The Hall–Kier alpha value is -2.09. The first-order valence-corrected chi connectivity index (χ1v) is 9.82. The predicted octanol–water partition coefficient (Wildman–Crippen LogP) is 2.28. The van der Waals surface area contributed by atoms with Crippen LogP contribution in [0, 0.1) is 5.92 Å². The van der Waals surface area contributed by atoms with Crippen LogP contribution >= 0.6 is 0 Å². The Morgan fingerprint density at radius 2 is 1.89 bits per heavy atom. The van der Waals surface area contributed by atoms with Crippen molar-refractivity contribution in [2.24, 2.45) is 5.92 Å². The average molecular weight is 395 g/mol.